The number of esters is 1. The summed E-state index contributed by atoms with van der Waals surface area (Å²) in [5, 5.41) is 3.18. The second-order valence-corrected chi connectivity index (χ2v) is 3.41. The highest BCUT2D eigenvalue weighted by Crippen LogP contribution is 2.19. The number of hydrogen-bond acceptors (Lipinski definition) is 3. The molecular formula is C12H17NO2. The molecule has 0 saturated carbocycles. The minimum atomic E-state index is -0.302. The van der Waals surface area contributed by atoms with Gasteiger partial charge in [0.25, 0.3) is 0 Å². The molecule has 0 aromatic carbocycles. The fourth-order valence-electron chi connectivity index (χ4n) is 1.51. The van der Waals surface area contributed by atoms with E-state index in [4.69, 9.17) is 0 Å². The number of methoxy groups -OCH3 is 1. The van der Waals surface area contributed by atoms with Crippen LogP contribution in [0.1, 0.15) is 19.8 Å². The zero-order chi connectivity index (χ0) is 11.3. The first-order valence-electron chi connectivity index (χ1n) is 5.07. The SMILES string of the molecule is C=C1NCCC/C1=C/C(=C\C)C(=O)OC. The third-order valence-corrected chi connectivity index (χ3v) is 2.41. The van der Waals surface area contributed by atoms with Gasteiger partial charge in [-0.1, -0.05) is 12.7 Å². The molecule has 1 aliphatic rings. The van der Waals surface area contributed by atoms with Crippen LogP contribution < -0.4 is 5.32 Å². The average molecular weight is 207 g/mol. The van der Waals surface area contributed by atoms with Gasteiger partial charge in [-0.05, 0) is 31.4 Å². The van der Waals surface area contributed by atoms with Crippen molar-refractivity contribution in [3.8, 4) is 0 Å². The second kappa shape index (κ2) is 5.39. The third-order valence-electron chi connectivity index (χ3n) is 2.41. The molecule has 0 bridgehead atoms. The molecule has 0 unspecified atom stereocenters. The van der Waals surface area contributed by atoms with Crippen LogP contribution in [-0.4, -0.2) is 19.6 Å². The van der Waals surface area contributed by atoms with E-state index in [1.807, 2.05) is 13.0 Å². The van der Waals surface area contributed by atoms with Crippen molar-refractivity contribution in [3.05, 3.63) is 35.6 Å². The molecule has 0 aromatic rings. The van der Waals surface area contributed by atoms with Gasteiger partial charge in [0.15, 0.2) is 0 Å². The Morgan fingerprint density at radius 1 is 1.60 bits per heavy atom. The Kier molecular flexibility index (Phi) is 4.16. The van der Waals surface area contributed by atoms with Crippen LogP contribution in [-0.2, 0) is 9.53 Å². The standard InChI is InChI=1S/C12H17NO2/c1-4-10(12(14)15-3)8-11-6-5-7-13-9(11)2/h4,8,13H,2,5-7H2,1,3H3/b10-4+,11-8-. The number of hydrogen-bond donors (Lipinski definition) is 1. The summed E-state index contributed by atoms with van der Waals surface area (Å²) in [6.45, 7) is 6.69. The normalized spacial score (nSPS) is 20.0. The zero-order valence-corrected chi connectivity index (χ0v) is 9.30. The summed E-state index contributed by atoms with van der Waals surface area (Å²) in [4.78, 5) is 11.3. The van der Waals surface area contributed by atoms with Gasteiger partial charge in [0.05, 0.1) is 12.7 Å². The Bertz CT molecular complexity index is 327. The Labute approximate surface area is 90.5 Å². The van der Waals surface area contributed by atoms with Crippen LogP contribution in [0.25, 0.3) is 0 Å². The molecule has 0 atom stereocenters. The Hall–Kier alpha value is -1.51. The highest BCUT2D eigenvalue weighted by molar-refractivity contribution is 5.91. The minimum absolute atomic E-state index is 0.302. The van der Waals surface area contributed by atoms with Crippen molar-refractivity contribution in [2.45, 2.75) is 19.8 Å². The number of piperidine rings is 1. The van der Waals surface area contributed by atoms with Gasteiger partial charge in [-0.15, -0.1) is 0 Å². The van der Waals surface area contributed by atoms with Crippen LogP contribution >= 0.6 is 0 Å². The fraction of sp³-hybridized carbons (Fsp3) is 0.417. The highest BCUT2D eigenvalue weighted by atomic mass is 16.5. The molecule has 1 aliphatic heterocycles. The van der Waals surface area contributed by atoms with Crippen molar-refractivity contribution < 1.29 is 9.53 Å². The molecule has 0 amide bonds. The van der Waals surface area contributed by atoms with Crippen LogP contribution in [0.3, 0.4) is 0 Å². The monoisotopic (exact) mass is 207 g/mol. The lowest BCUT2D eigenvalue weighted by atomic mass is 10.0. The van der Waals surface area contributed by atoms with Crippen molar-refractivity contribution in [1.82, 2.24) is 5.32 Å². The van der Waals surface area contributed by atoms with E-state index < -0.39 is 0 Å². The van der Waals surface area contributed by atoms with Crippen molar-refractivity contribution >= 4 is 5.97 Å². The molecule has 1 rings (SSSR count). The molecule has 1 N–H and O–H groups in total. The number of rotatable bonds is 2. The molecule has 1 fully saturated rings. The van der Waals surface area contributed by atoms with Gasteiger partial charge in [0.2, 0.25) is 0 Å². The summed E-state index contributed by atoms with van der Waals surface area (Å²) in [5.41, 5.74) is 2.57. The molecule has 1 heterocycles. The fourth-order valence-corrected chi connectivity index (χ4v) is 1.51. The van der Waals surface area contributed by atoms with E-state index >= 15 is 0 Å². The molecule has 15 heavy (non-hydrogen) atoms. The highest BCUT2D eigenvalue weighted by Gasteiger charge is 2.12. The largest absolute Gasteiger partial charge is 0.465 e. The predicted molar refractivity (Wildman–Crippen MR) is 60.2 cm³/mol. The van der Waals surface area contributed by atoms with Crippen LogP contribution in [0.5, 0.6) is 0 Å². The van der Waals surface area contributed by atoms with Gasteiger partial charge in [-0.2, -0.15) is 0 Å². The second-order valence-electron chi connectivity index (χ2n) is 3.41. The Morgan fingerprint density at radius 3 is 2.87 bits per heavy atom. The molecule has 1 saturated heterocycles. The first-order chi connectivity index (χ1) is 7.19. The molecule has 3 heteroatoms. The molecule has 0 aliphatic carbocycles. The van der Waals surface area contributed by atoms with Gasteiger partial charge < -0.3 is 10.1 Å². The van der Waals surface area contributed by atoms with E-state index in [-0.39, 0.29) is 5.97 Å². The smallest absolute Gasteiger partial charge is 0.337 e. The number of allylic oxidation sites excluding steroid dienone is 2. The summed E-state index contributed by atoms with van der Waals surface area (Å²) in [7, 11) is 1.39. The lowest BCUT2D eigenvalue weighted by Crippen LogP contribution is -2.21. The summed E-state index contributed by atoms with van der Waals surface area (Å²) < 4.78 is 4.68. The topological polar surface area (TPSA) is 38.3 Å². The maximum Gasteiger partial charge on any atom is 0.337 e. The third kappa shape index (κ3) is 2.98. The number of ether oxygens (including phenoxy) is 1. The number of carbonyl (C=O) groups excluding carboxylic acids is 1. The van der Waals surface area contributed by atoms with Gasteiger partial charge in [-0.25, -0.2) is 4.79 Å². The molecule has 3 nitrogen and oxygen atoms in total. The van der Waals surface area contributed by atoms with Gasteiger partial charge in [0.1, 0.15) is 0 Å². The quantitative estimate of drug-likeness (QED) is 0.555. The first-order valence-corrected chi connectivity index (χ1v) is 5.07. The van der Waals surface area contributed by atoms with Crippen molar-refractivity contribution in [2.24, 2.45) is 0 Å². The summed E-state index contributed by atoms with van der Waals surface area (Å²) >= 11 is 0. The van der Waals surface area contributed by atoms with Crippen molar-refractivity contribution in [2.75, 3.05) is 13.7 Å². The van der Waals surface area contributed by atoms with Gasteiger partial charge in [-0.3, -0.25) is 0 Å². The first kappa shape index (κ1) is 11.6. The van der Waals surface area contributed by atoms with E-state index in [9.17, 15) is 4.79 Å². The molecule has 82 valence electrons. The molecule has 0 aromatic heterocycles. The maximum atomic E-state index is 11.3. The van der Waals surface area contributed by atoms with Crippen LogP contribution in [0.2, 0.25) is 0 Å². The van der Waals surface area contributed by atoms with Gasteiger partial charge in [0, 0.05) is 12.2 Å². The van der Waals surface area contributed by atoms with E-state index in [1.165, 1.54) is 7.11 Å². The van der Waals surface area contributed by atoms with Crippen molar-refractivity contribution in [3.63, 3.8) is 0 Å². The minimum Gasteiger partial charge on any atom is -0.465 e. The lowest BCUT2D eigenvalue weighted by Gasteiger charge is -2.19. The summed E-state index contributed by atoms with van der Waals surface area (Å²) in [5.74, 6) is -0.302. The predicted octanol–water partition coefficient (Wildman–Crippen LogP) is 1.93. The molecule has 0 radical (unpaired) electrons. The van der Waals surface area contributed by atoms with E-state index in [0.717, 1.165) is 30.7 Å². The summed E-state index contributed by atoms with van der Waals surface area (Å²) in [6.07, 6.45) is 5.63. The van der Waals surface area contributed by atoms with Crippen LogP contribution in [0.4, 0.5) is 0 Å². The Morgan fingerprint density at radius 2 is 2.33 bits per heavy atom. The van der Waals surface area contributed by atoms with E-state index in [0.29, 0.717) is 5.57 Å². The van der Waals surface area contributed by atoms with Crippen LogP contribution in [0.15, 0.2) is 35.6 Å². The van der Waals surface area contributed by atoms with Gasteiger partial charge >= 0.3 is 5.97 Å². The number of carbonyl (C=O) groups is 1. The van der Waals surface area contributed by atoms with E-state index in [1.54, 1.807) is 6.08 Å². The van der Waals surface area contributed by atoms with Crippen molar-refractivity contribution in [1.29, 1.82) is 0 Å². The maximum absolute atomic E-state index is 11.3. The van der Waals surface area contributed by atoms with Crippen LogP contribution in [0, 0.1) is 0 Å². The Balaban J connectivity index is 2.83. The molecule has 0 spiro atoms. The summed E-state index contributed by atoms with van der Waals surface area (Å²) in [6, 6.07) is 0. The zero-order valence-electron chi connectivity index (χ0n) is 9.30. The lowest BCUT2D eigenvalue weighted by molar-refractivity contribution is -0.135. The molecular weight excluding hydrogens is 190 g/mol. The number of nitrogens with one attached hydrogen (secondary N) is 1. The van der Waals surface area contributed by atoms with E-state index in [2.05, 4.69) is 16.6 Å². The average Bonchev–Trinajstić information content (AvgIpc) is 2.27.